The number of rotatable bonds is 6. The van der Waals surface area contributed by atoms with E-state index in [4.69, 9.17) is 4.74 Å². The highest BCUT2D eigenvalue weighted by Crippen LogP contribution is 2.27. The third-order valence-corrected chi connectivity index (χ3v) is 4.53. The van der Waals surface area contributed by atoms with Crippen molar-refractivity contribution in [3.05, 3.63) is 84.4 Å². The first kappa shape index (κ1) is 22.9. The minimum absolute atomic E-state index is 0.322. The Bertz CT molecular complexity index is 1060. The Kier molecular flexibility index (Phi) is 7.49. The molecule has 3 aromatic rings. The van der Waals surface area contributed by atoms with E-state index in [0.717, 1.165) is 22.4 Å². The number of carbonyl (C=O) groups is 2. The van der Waals surface area contributed by atoms with Gasteiger partial charge in [0.1, 0.15) is 5.60 Å². The first-order chi connectivity index (χ1) is 15.3. The van der Waals surface area contributed by atoms with Crippen molar-refractivity contribution >= 4 is 23.5 Å². The Balaban J connectivity index is 1.57. The number of anilines is 2. The molecule has 0 radical (unpaired) electrons. The third kappa shape index (κ3) is 7.16. The molecule has 3 rings (SSSR count). The Morgan fingerprint density at radius 2 is 1.56 bits per heavy atom. The monoisotopic (exact) mass is 431 g/mol. The molecular weight excluding hydrogens is 402 g/mol. The molecule has 3 N–H and O–H groups in total. The van der Waals surface area contributed by atoms with Crippen LogP contribution in [0.3, 0.4) is 0 Å². The number of hydrogen-bond donors (Lipinski definition) is 3. The summed E-state index contributed by atoms with van der Waals surface area (Å²) in [5.74, 6) is 0. The fourth-order valence-electron chi connectivity index (χ4n) is 3.17. The fourth-order valence-corrected chi connectivity index (χ4v) is 3.17. The van der Waals surface area contributed by atoms with Gasteiger partial charge in [0, 0.05) is 17.8 Å². The lowest BCUT2D eigenvalue weighted by Gasteiger charge is -2.19. The van der Waals surface area contributed by atoms with Crippen molar-refractivity contribution in [1.29, 1.82) is 0 Å². The predicted octanol–water partition coefficient (Wildman–Crippen LogP) is 6.06. The van der Waals surface area contributed by atoms with Crippen LogP contribution >= 0.6 is 0 Å². The number of hydrogen-bond acceptors (Lipinski definition) is 3. The van der Waals surface area contributed by atoms with Crippen LogP contribution < -0.4 is 16.0 Å². The van der Waals surface area contributed by atoms with Gasteiger partial charge in [0.15, 0.2) is 0 Å². The van der Waals surface area contributed by atoms with E-state index in [1.165, 1.54) is 0 Å². The van der Waals surface area contributed by atoms with Gasteiger partial charge in [-0.05, 0) is 56.5 Å². The van der Waals surface area contributed by atoms with Crippen LogP contribution in [0.1, 0.15) is 26.3 Å². The molecule has 0 aliphatic heterocycles. The second-order valence-electron chi connectivity index (χ2n) is 8.37. The van der Waals surface area contributed by atoms with Crippen molar-refractivity contribution in [2.75, 3.05) is 17.2 Å². The zero-order valence-corrected chi connectivity index (χ0v) is 18.6. The van der Waals surface area contributed by atoms with E-state index in [1.54, 1.807) is 0 Å². The molecule has 166 valence electrons. The quantitative estimate of drug-likeness (QED) is 0.443. The highest BCUT2D eigenvalue weighted by atomic mass is 16.6. The number of urea groups is 1. The molecule has 6 nitrogen and oxygen atoms in total. The van der Waals surface area contributed by atoms with Crippen molar-refractivity contribution in [3.63, 3.8) is 0 Å². The van der Waals surface area contributed by atoms with Crippen molar-refractivity contribution in [1.82, 2.24) is 5.32 Å². The molecule has 6 heteroatoms. The molecule has 0 aliphatic rings. The summed E-state index contributed by atoms with van der Waals surface area (Å²) in [7, 11) is 0. The summed E-state index contributed by atoms with van der Waals surface area (Å²) in [5.41, 5.74) is 3.85. The van der Waals surface area contributed by atoms with E-state index >= 15 is 0 Å². The molecule has 0 atom stereocenters. The van der Waals surface area contributed by atoms with Crippen molar-refractivity contribution in [3.8, 4) is 11.1 Å². The first-order valence-electron chi connectivity index (χ1n) is 10.6. The molecule has 32 heavy (non-hydrogen) atoms. The summed E-state index contributed by atoms with van der Waals surface area (Å²) in [5, 5.41) is 8.55. The molecule has 0 saturated carbocycles. The Morgan fingerprint density at radius 1 is 0.844 bits per heavy atom. The predicted molar refractivity (Wildman–Crippen MR) is 129 cm³/mol. The maximum absolute atomic E-state index is 12.6. The summed E-state index contributed by atoms with van der Waals surface area (Å²) < 4.78 is 5.23. The zero-order chi connectivity index (χ0) is 23.0. The lowest BCUT2D eigenvalue weighted by molar-refractivity contribution is 0.0528. The number of ether oxygens (including phenoxy) is 1. The summed E-state index contributed by atoms with van der Waals surface area (Å²) in [6.45, 7) is 5.91. The van der Waals surface area contributed by atoms with Crippen LogP contribution in [-0.2, 0) is 11.2 Å². The number of alkyl carbamates (subject to hydrolysis) is 1. The lowest BCUT2D eigenvalue weighted by Crippen LogP contribution is -2.33. The molecule has 0 spiro atoms. The van der Waals surface area contributed by atoms with Gasteiger partial charge in [-0.3, -0.25) is 0 Å². The molecule has 0 aromatic heterocycles. The second-order valence-corrected chi connectivity index (χ2v) is 8.37. The fraction of sp³-hybridized carbons (Fsp3) is 0.231. The Labute approximate surface area is 189 Å². The van der Waals surface area contributed by atoms with Crippen molar-refractivity contribution < 1.29 is 14.3 Å². The van der Waals surface area contributed by atoms with Gasteiger partial charge in [-0.15, -0.1) is 0 Å². The minimum Gasteiger partial charge on any atom is -0.444 e. The summed E-state index contributed by atoms with van der Waals surface area (Å²) in [6, 6.07) is 24.8. The van der Waals surface area contributed by atoms with E-state index in [2.05, 4.69) is 16.0 Å². The van der Waals surface area contributed by atoms with E-state index in [0.29, 0.717) is 18.7 Å². The van der Waals surface area contributed by atoms with Gasteiger partial charge < -0.3 is 20.7 Å². The average molecular weight is 432 g/mol. The minimum atomic E-state index is -0.527. The van der Waals surface area contributed by atoms with Crippen LogP contribution in [0.5, 0.6) is 0 Å². The maximum Gasteiger partial charge on any atom is 0.407 e. The van der Waals surface area contributed by atoms with Crippen molar-refractivity contribution in [2.45, 2.75) is 32.8 Å². The molecule has 0 unspecified atom stereocenters. The zero-order valence-electron chi connectivity index (χ0n) is 18.6. The number of para-hydroxylation sites is 1. The van der Waals surface area contributed by atoms with Gasteiger partial charge in [-0.1, -0.05) is 60.7 Å². The molecule has 0 bridgehead atoms. The molecule has 0 aliphatic carbocycles. The maximum atomic E-state index is 12.6. The van der Waals surface area contributed by atoms with E-state index in [-0.39, 0.29) is 6.03 Å². The van der Waals surface area contributed by atoms with E-state index < -0.39 is 11.7 Å². The molecule has 3 aromatic carbocycles. The third-order valence-electron chi connectivity index (χ3n) is 4.53. The molecule has 0 saturated heterocycles. The number of benzene rings is 3. The SMILES string of the molecule is CC(C)(C)OC(=O)NCCc1cccc(NC(=O)Nc2ccccc2-c2ccccc2)c1. The number of nitrogens with one attached hydrogen (secondary N) is 3. The average Bonchev–Trinajstić information content (AvgIpc) is 2.74. The highest BCUT2D eigenvalue weighted by Gasteiger charge is 2.15. The van der Waals surface area contributed by atoms with Gasteiger partial charge in [0.25, 0.3) is 0 Å². The molecule has 0 fully saturated rings. The normalized spacial score (nSPS) is 10.8. The second kappa shape index (κ2) is 10.5. The summed E-state index contributed by atoms with van der Waals surface area (Å²) in [4.78, 5) is 24.4. The van der Waals surface area contributed by atoms with Crippen LogP contribution in [0.2, 0.25) is 0 Å². The van der Waals surface area contributed by atoms with E-state index in [1.807, 2.05) is 99.6 Å². The summed E-state index contributed by atoms with van der Waals surface area (Å²) >= 11 is 0. The molecular formula is C26H29N3O3. The number of amides is 3. The van der Waals surface area contributed by atoms with Gasteiger partial charge in [-0.25, -0.2) is 9.59 Å². The van der Waals surface area contributed by atoms with Gasteiger partial charge in [0.2, 0.25) is 0 Å². The molecule has 0 heterocycles. The van der Waals surface area contributed by atoms with Crippen LogP contribution in [0.4, 0.5) is 21.0 Å². The largest absolute Gasteiger partial charge is 0.444 e. The lowest BCUT2D eigenvalue weighted by atomic mass is 10.0. The standard InChI is InChI=1S/C26H29N3O3/c1-26(2,3)32-25(31)27-17-16-19-10-9-13-21(18-19)28-24(30)29-23-15-8-7-14-22(23)20-11-5-4-6-12-20/h4-15,18H,16-17H2,1-3H3,(H,27,31)(H2,28,29,30). The van der Waals surface area contributed by atoms with Crippen LogP contribution in [0.15, 0.2) is 78.9 Å². The van der Waals surface area contributed by atoms with E-state index in [9.17, 15) is 9.59 Å². The van der Waals surface area contributed by atoms with Crippen molar-refractivity contribution in [2.24, 2.45) is 0 Å². The smallest absolute Gasteiger partial charge is 0.407 e. The first-order valence-corrected chi connectivity index (χ1v) is 10.6. The van der Waals surface area contributed by atoms with Crippen LogP contribution in [-0.4, -0.2) is 24.3 Å². The van der Waals surface area contributed by atoms with Gasteiger partial charge in [-0.2, -0.15) is 0 Å². The highest BCUT2D eigenvalue weighted by molar-refractivity contribution is 6.02. The Morgan fingerprint density at radius 3 is 2.31 bits per heavy atom. The topological polar surface area (TPSA) is 79.5 Å². The van der Waals surface area contributed by atoms with Crippen LogP contribution in [0.25, 0.3) is 11.1 Å². The van der Waals surface area contributed by atoms with Gasteiger partial charge >= 0.3 is 12.1 Å². The number of carbonyl (C=O) groups excluding carboxylic acids is 2. The molecule has 3 amide bonds. The van der Waals surface area contributed by atoms with Crippen LogP contribution in [0, 0.1) is 0 Å². The van der Waals surface area contributed by atoms with Gasteiger partial charge in [0.05, 0.1) is 5.69 Å². The summed E-state index contributed by atoms with van der Waals surface area (Å²) in [6.07, 6.45) is 0.177. The Hall–Kier alpha value is -3.80.